The number of pyridine rings is 1. The summed E-state index contributed by atoms with van der Waals surface area (Å²) in [6.45, 7) is 0. The van der Waals surface area contributed by atoms with Crippen molar-refractivity contribution in [2.75, 3.05) is 0 Å². The molecular formula is C12H14BrNO. The summed E-state index contributed by atoms with van der Waals surface area (Å²) in [5.41, 5.74) is 1.03. The number of rotatable bonds is 2. The largest absolute Gasteiger partial charge is 0.299 e. The van der Waals surface area contributed by atoms with Crippen LogP contribution in [-0.4, -0.2) is 10.8 Å². The molecular weight excluding hydrogens is 254 g/mol. The van der Waals surface area contributed by atoms with E-state index in [9.17, 15) is 4.79 Å². The van der Waals surface area contributed by atoms with Crippen molar-refractivity contribution >= 4 is 21.7 Å². The first-order valence-electron chi connectivity index (χ1n) is 5.39. The maximum absolute atomic E-state index is 11.6. The highest BCUT2D eigenvalue weighted by atomic mass is 79.9. The van der Waals surface area contributed by atoms with Gasteiger partial charge in [-0.15, -0.1) is 0 Å². The van der Waals surface area contributed by atoms with Crippen LogP contribution >= 0.6 is 15.9 Å². The summed E-state index contributed by atoms with van der Waals surface area (Å²) in [4.78, 5) is 15.9. The van der Waals surface area contributed by atoms with E-state index in [0.29, 0.717) is 5.78 Å². The Morgan fingerprint density at radius 2 is 2.27 bits per heavy atom. The van der Waals surface area contributed by atoms with Gasteiger partial charge >= 0.3 is 0 Å². The molecule has 0 aromatic carbocycles. The minimum Gasteiger partial charge on any atom is -0.299 e. The van der Waals surface area contributed by atoms with Crippen LogP contribution in [0.2, 0.25) is 0 Å². The number of aromatic nitrogens is 1. The zero-order valence-electron chi connectivity index (χ0n) is 8.58. The average Bonchev–Trinajstić information content (AvgIpc) is 2.25. The normalized spacial score (nSPS) is 21.7. The van der Waals surface area contributed by atoms with Gasteiger partial charge in [0.05, 0.1) is 0 Å². The molecule has 80 valence electrons. The van der Waals surface area contributed by atoms with Gasteiger partial charge in [-0.3, -0.25) is 9.78 Å². The van der Waals surface area contributed by atoms with Gasteiger partial charge in [-0.05, 0) is 47.3 Å². The molecule has 0 saturated heterocycles. The van der Waals surface area contributed by atoms with Gasteiger partial charge in [0.15, 0.2) is 0 Å². The standard InChI is InChI=1S/C12H14BrNO/c13-10-5-6-11(14-8-10)7-9-3-1-2-4-12(9)15/h5-6,8-9H,1-4,7H2. The predicted molar refractivity (Wildman–Crippen MR) is 62.6 cm³/mol. The van der Waals surface area contributed by atoms with Crippen LogP contribution in [0.25, 0.3) is 0 Å². The summed E-state index contributed by atoms with van der Waals surface area (Å²) in [5, 5.41) is 0. The first-order valence-corrected chi connectivity index (χ1v) is 6.18. The number of halogens is 1. The van der Waals surface area contributed by atoms with E-state index in [-0.39, 0.29) is 5.92 Å². The monoisotopic (exact) mass is 267 g/mol. The highest BCUT2D eigenvalue weighted by Gasteiger charge is 2.22. The zero-order valence-corrected chi connectivity index (χ0v) is 10.2. The van der Waals surface area contributed by atoms with Crippen molar-refractivity contribution in [1.82, 2.24) is 4.98 Å². The number of Topliss-reactive ketones (excluding diaryl/α,β-unsaturated/α-hetero) is 1. The van der Waals surface area contributed by atoms with Crippen LogP contribution in [0, 0.1) is 5.92 Å². The smallest absolute Gasteiger partial charge is 0.136 e. The first-order chi connectivity index (χ1) is 7.25. The summed E-state index contributed by atoms with van der Waals surface area (Å²) in [6.07, 6.45) is 6.67. The Morgan fingerprint density at radius 1 is 1.40 bits per heavy atom. The molecule has 1 heterocycles. The zero-order chi connectivity index (χ0) is 10.7. The lowest BCUT2D eigenvalue weighted by Crippen LogP contribution is -2.21. The second-order valence-corrected chi connectivity index (χ2v) is 5.00. The fourth-order valence-electron chi connectivity index (χ4n) is 2.05. The fourth-order valence-corrected chi connectivity index (χ4v) is 2.29. The Bertz CT molecular complexity index is 347. The van der Waals surface area contributed by atoms with Crippen molar-refractivity contribution in [2.45, 2.75) is 32.1 Å². The van der Waals surface area contributed by atoms with E-state index >= 15 is 0 Å². The Balaban J connectivity index is 2.01. The molecule has 1 aliphatic rings. The number of carbonyl (C=O) groups is 1. The summed E-state index contributed by atoms with van der Waals surface area (Å²) < 4.78 is 0.987. The molecule has 0 spiro atoms. The molecule has 1 atom stereocenters. The number of nitrogens with zero attached hydrogens (tertiary/aromatic N) is 1. The summed E-state index contributed by atoms with van der Waals surface area (Å²) >= 11 is 3.35. The quantitative estimate of drug-likeness (QED) is 0.824. The van der Waals surface area contributed by atoms with E-state index in [1.165, 1.54) is 6.42 Å². The molecule has 3 heteroatoms. The summed E-state index contributed by atoms with van der Waals surface area (Å²) in [5.74, 6) is 0.637. The van der Waals surface area contributed by atoms with Crippen molar-refractivity contribution in [1.29, 1.82) is 0 Å². The third kappa shape index (κ3) is 2.88. The highest BCUT2D eigenvalue weighted by Crippen LogP contribution is 2.23. The summed E-state index contributed by atoms with van der Waals surface area (Å²) in [6, 6.07) is 3.97. The molecule has 15 heavy (non-hydrogen) atoms. The molecule has 0 radical (unpaired) electrons. The number of hydrogen-bond donors (Lipinski definition) is 0. The van der Waals surface area contributed by atoms with Crippen molar-refractivity contribution in [2.24, 2.45) is 5.92 Å². The van der Waals surface area contributed by atoms with Crippen molar-refractivity contribution < 1.29 is 4.79 Å². The van der Waals surface area contributed by atoms with Crippen LogP contribution in [0.3, 0.4) is 0 Å². The predicted octanol–water partition coefficient (Wildman–Crippen LogP) is 3.15. The molecule has 1 fully saturated rings. The van der Waals surface area contributed by atoms with Crippen LogP contribution < -0.4 is 0 Å². The molecule has 0 aliphatic heterocycles. The fraction of sp³-hybridized carbons (Fsp3) is 0.500. The van der Waals surface area contributed by atoms with Gasteiger partial charge in [-0.1, -0.05) is 6.42 Å². The van der Waals surface area contributed by atoms with E-state index in [2.05, 4.69) is 20.9 Å². The SMILES string of the molecule is O=C1CCCCC1Cc1ccc(Br)cn1. The molecule has 2 nitrogen and oxygen atoms in total. The van der Waals surface area contributed by atoms with Gasteiger partial charge in [0.25, 0.3) is 0 Å². The molecule has 1 saturated carbocycles. The Morgan fingerprint density at radius 3 is 2.93 bits per heavy atom. The van der Waals surface area contributed by atoms with Gasteiger partial charge in [0.1, 0.15) is 5.78 Å². The van der Waals surface area contributed by atoms with Gasteiger partial charge in [0.2, 0.25) is 0 Å². The van der Waals surface area contributed by atoms with Gasteiger partial charge in [-0.25, -0.2) is 0 Å². The minimum absolute atomic E-state index is 0.215. The van der Waals surface area contributed by atoms with Crippen molar-refractivity contribution in [3.8, 4) is 0 Å². The van der Waals surface area contributed by atoms with E-state index in [0.717, 1.165) is 35.8 Å². The van der Waals surface area contributed by atoms with Crippen LogP contribution in [0.5, 0.6) is 0 Å². The van der Waals surface area contributed by atoms with E-state index < -0.39 is 0 Å². The third-order valence-electron chi connectivity index (χ3n) is 2.93. The van der Waals surface area contributed by atoms with Gasteiger partial charge in [0, 0.05) is 28.7 Å². The second-order valence-electron chi connectivity index (χ2n) is 4.08. The van der Waals surface area contributed by atoms with Crippen LogP contribution in [0.15, 0.2) is 22.8 Å². The van der Waals surface area contributed by atoms with Gasteiger partial charge < -0.3 is 0 Å². The molecule has 2 rings (SSSR count). The maximum atomic E-state index is 11.6. The number of hydrogen-bond acceptors (Lipinski definition) is 2. The average molecular weight is 268 g/mol. The highest BCUT2D eigenvalue weighted by molar-refractivity contribution is 9.10. The van der Waals surface area contributed by atoms with E-state index in [1.807, 2.05) is 12.1 Å². The third-order valence-corrected chi connectivity index (χ3v) is 3.39. The second kappa shape index (κ2) is 4.88. The molecule has 0 amide bonds. The maximum Gasteiger partial charge on any atom is 0.136 e. The molecule has 1 aromatic rings. The van der Waals surface area contributed by atoms with Crippen LogP contribution in [0.1, 0.15) is 31.4 Å². The Kier molecular flexibility index (Phi) is 3.52. The molecule has 0 N–H and O–H groups in total. The molecule has 1 unspecified atom stereocenters. The lowest BCUT2D eigenvalue weighted by Gasteiger charge is -2.19. The van der Waals surface area contributed by atoms with E-state index in [1.54, 1.807) is 6.20 Å². The molecule has 0 bridgehead atoms. The first kappa shape index (κ1) is 10.8. The van der Waals surface area contributed by atoms with E-state index in [4.69, 9.17) is 0 Å². The van der Waals surface area contributed by atoms with Crippen molar-refractivity contribution in [3.05, 3.63) is 28.5 Å². The summed E-state index contributed by atoms with van der Waals surface area (Å²) in [7, 11) is 0. The van der Waals surface area contributed by atoms with Crippen LogP contribution in [-0.2, 0) is 11.2 Å². The van der Waals surface area contributed by atoms with Crippen LogP contribution in [0.4, 0.5) is 0 Å². The van der Waals surface area contributed by atoms with Crippen molar-refractivity contribution in [3.63, 3.8) is 0 Å². The Hall–Kier alpha value is -0.700. The molecule has 1 aromatic heterocycles. The Labute approximate surface area is 98.2 Å². The minimum atomic E-state index is 0.215. The number of carbonyl (C=O) groups excluding carboxylic acids is 1. The lowest BCUT2D eigenvalue weighted by molar-refractivity contribution is -0.124. The number of ketones is 1. The lowest BCUT2D eigenvalue weighted by atomic mass is 9.85. The van der Waals surface area contributed by atoms with Gasteiger partial charge in [-0.2, -0.15) is 0 Å². The topological polar surface area (TPSA) is 30.0 Å². The molecule has 1 aliphatic carbocycles.